The molecule has 4 rings (SSSR count). The van der Waals surface area contributed by atoms with Gasteiger partial charge in [-0.3, -0.25) is 4.79 Å². The number of pyridine rings is 1. The third kappa shape index (κ3) is 4.05. The summed E-state index contributed by atoms with van der Waals surface area (Å²) in [5.41, 5.74) is 1.47. The molecule has 32 heavy (non-hydrogen) atoms. The van der Waals surface area contributed by atoms with Crippen LogP contribution in [0.2, 0.25) is 0 Å². The Morgan fingerprint density at radius 1 is 1.28 bits per heavy atom. The lowest BCUT2D eigenvalue weighted by Crippen LogP contribution is -2.41. The maximum Gasteiger partial charge on any atom is 0.303 e. The molecule has 1 saturated heterocycles. The Hall–Kier alpha value is -3.05. The van der Waals surface area contributed by atoms with Gasteiger partial charge in [-0.2, -0.15) is 17.8 Å². The van der Waals surface area contributed by atoms with Crippen molar-refractivity contribution in [3.05, 3.63) is 65.5 Å². The van der Waals surface area contributed by atoms with Crippen LogP contribution in [0, 0.1) is 11.6 Å². The molecular weight excluding hydrogens is 440 g/mol. The summed E-state index contributed by atoms with van der Waals surface area (Å²) in [6.45, 7) is 2.48. The fourth-order valence-electron chi connectivity index (χ4n) is 3.91. The molecule has 1 aliphatic heterocycles. The fraction of sp³-hybridized carbons (Fsp3) is 0.333. The standard InChI is InChI=1S/C21H23F2N5O3S/c1-3-26(2)32(30,31)25-21(29)17-13-24-28-10-8-15(12-20(17)28)27-9-4-5-19(27)16-11-14(22)6-7-18(16)23/h6-8,10-13,19H,3-5,9H2,1-2H3,(H,25,29). The Kier molecular flexibility index (Phi) is 5.87. The Morgan fingerprint density at radius 2 is 2.06 bits per heavy atom. The predicted octanol–water partition coefficient (Wildman–Crippen LogP) is 2.88. The summed E-state index contributed by atoms with van der Waals surface area (Å²) in [6, 6.07) is 6.55. The average Bonchev–Trinajstić information content (AvgIpc) is 3.41. The minimum absolute atomic E-state index is 0.0904. The van der Waals surface area contributed by atoms with Gasteiger partial charge < -0.3 is 4.90 Å². The highest BCUT2D eigenvalue weighted by atomic mass is 32.2. The number of hydrogen-bond donors (Lipinski definition) is 1. The molecule has 0 radical (unpaired) electrons. The van der Waals surface area contributed by atoms with Gasteiger partial charge in [0, 0.05) is 37.6 Å². The normalized spacial score (nSPS) is 16.8. The van der Waals surface area contributed by atoms with E-state index in [4.69, 9.17) is 0 Å². The molecule has 2 aromatic heterocycles. The highest BCUT2D eigenvalue weighted by Gasteiger charge is 2.30. The van der Waals surface area contributed by atoms with E-state index in [2.05, 4.69) is 5.10 Å². The second kappa shape index (κ2) is 8.47. The van der Waals surface area contributed by atoms with Gasteiger partial charge >= 0.3 is 10.2 Å². The quantitative estimate of drug-likeness (QED) is 0.608. The van der Waals surface area contributed by atoms with E-state index in [1.807, 2.05) is 9.62 Å². The predicted molar refractivity (Wildman–Crippen MR) is 116 cm³/mol. The average molecular weight is 464 g/mol. The van der Waals surface area contributed by atoms with E-state index in [0.717, 1.165) is 22.9 Å². The summed E-state index contributed by atoms with van der Waals surface area (Å²) in [4.78, 5) is 14.6. The van der Waals surface area contributed by atoms with Crippen molar-refractivity contribution < 1.29 is 22.0 Å². The number of amides is 1. The third-order valence-corrected chi connectivity index (χ3v) is 7.25. The van der Waals surface area contributed by atoms with Crippen LogP contribution in [0.4, 0.5) is 14.5 Å². The van der Waals surface area contributed by atoms with Crippen molar-refractivity contribution in [2.75, 3.05) is 25.0 Å². The molecule has 1 aromatic carbocycles. The van der Waals surface area contributed by atoms with Crippen molar-refractivity contribution in [3.8, 4) is 0 Å². The number of anilines is 1. The summed E-state index contributed by atoms with van der Waals surface area (Å²) in [6.07, 6.45) is 4.38. The first-order chi connectivity index (χ1) is 15.2. The van der Waals surface area contributed by atoms with Crippen LogP contribution in [-0.4, -0.2) is 48.4 Å². The number of rotatable bonds is 6. The number of benzene rings is 1. The molecule has 1 fully saturated rings. The SMILES string of the molecule is CCN(C)S(=O)(=O)NC(=O)c1cnn2ccc(N3CCCC3c3cc(F)ccc3F)cc12. The number of carbonyl (C=O) groups excluding carboxylic acids is 1. The Morgan fingerprint density at radius 3 is 2.81 bits per heavy atom. The van der Waals surface area contributed by atoms with E-state index in [9.17, 15) is 22.0 Å². The van der Waals surface area contributed by atoms with Crippen LogP contribution in [0.15, 0.2) is 42.7 Å². The maximum absolute atomic E-state index is 14.4. The highest BCUT2D eigenvalue weighted by Crippen LogP contribution is 2.38. The largest absolute Gasteiger partial charge is 0.364 e. The maximum atomic E-state index is 14.4. The number of fused-ring (bicyclic) bond motifs is 1. The molecular formula is C21H23F2N5O3S. The van der Waals surface area contributed by atoms with Crippen molar-refractivity contribution in [2.24, 2.45) is 0 Å². The fourth-order valence-corrected chi connectivity index (χ4v) is 4.75. The number of hydrogen-bond acceptors (Lipinski definition) is 5. The smallest absolute Gasteiger partial charge is 0.303 e. The lowest BCUT2D eigenvalue weighted by atomic mass is 10.0. The van der Waals surface area contributed by atoms with Gasteiger partial charge in [-0.1, -0.05) is 6.92 Å². The summed E-state index contributed by atoms with van der Waals surface area (Å²) in [5.74, 6) is -1.78. The van der Waals surface area contributed by atoms with E-state index in [1.54, 1.807) is 25.3 Å². The molecule has 0 aliphatic carbocycles. The molecule has 8 nitrogen and oxygen atoms in total. The second-order valence-corrected chi connectivity index (χ2v) is 9.42. The molecule has 170 valence electrons. The first-order valence-corrected chi connectivity index (χ1v) is 11.6. The zero-order chi connectivity index (χ0) is 23.0. The first kappa shape index (κ1) is 22.2. The van der Waals surface area contributed by atoms with E-state index >= 15 is 0 Å². The molecule has 0 bridgehead atoms. The molecule has 0 spiro atoms. The topological polar surface area (TPSA) is 87.0 Å². The van der Waals surface area contributed by atoms with Gasteiger partial charge in [0.2, 0.25) is 0 Å². The van der Waals surface area contributed by atoms with Crippen LogP contribution < -0.4 is 9.62 Å². The minimum Gasteiger partial charge on any atom is -0.364 e. The van der Waals surface area contributed by atoms with Crippen molar-refractivity contribution in [1.29, 1.82) is 0 Å². The van der Waals surface area contributed by atoms with Gasteiger partial charge in [0.25, 0.3) is 5.91 Å². The second-order valence-electron chi connectivity index (χ2n) is 7.64. The number of nitrogens with one attached hydrogen (secondary N) is 1. The Bertz CT molecular complexity index is 1280. The van der Waals surface area contributed by atoms with Crippen molar-refractivity contribution in [2.45, 2.75) is 25.8 Å². The van der Waals surface area contributed by atoms with Crippen LogP contribution in [0.1, 0.15) is 41.7 Å². The van der Waals surface area contributed by atoms with Crippen LogP contribution in [0.5, 0.6) is 0 Å². The monoisotopic (exact) mass is 463 g/mol. The Labute approximate surface area is 184 Å². The van der Waals surface area contributed by atoms with Crippen LogP contribution in [-0.2, 0) is 10.2 Å². The summed E-state index contributed by atoms with van der Waals surface area (Å²) < 4.78 is 57.2. The van der Waals surface area contributed by atoms with Crippen LogP contribution >= 0.6 is 0 Å². The zero-order valence-electron chi connectivity index (χ0n) is 17.6. The molecule has 1 N–H and O–H groups in total. The number of carbonyl (C=O) groups is 1. The van der Waals surface area contributed by atoms with E-state index in [-0.39, 0.29) is 23.7 Å². The number of halogens is 2. The van der Waals surface area contributed by atoms with E-state index in [1.165, 1.54) is 23.8 Å². The van der Waals surface area contributed by atoms with Gasteiger partial charge in [-0.25, -0.2) is 18.0 Å². The Balaban J connectivity index is 1.68. The molecule has 1 amide bonds. The molecule has 11 heteroatoms. The van der Waals surface area contributed by atoms with Crippen molar-refractivity contribution in [1.82, 2.24) is 18.6 Å². The van der Waals surface area contributed by atoms with E-state index in [0.29, 0.717) is 24.2 Å². The van der Waals surface area contributed by atoms with Gasteiger partial charge in [-0.15, -0.1) is 0 Å². The molecule has 1 unspecified atom stereocenters. The molecule has 1 aliphatic rings. The van der Waals surface area contributed by atoms with Gasteiger partial charge in [0.1, 0.15) is 11.6 Å². The highest BCUT2D eigenvalue weighted by molar-refractivity contribution is 7.87. The van der Waals surface area contributed by atoms with Gasteiger partial charge in [0.05, 0.1) is 23.3 Å². The minimum atomic E-state index is -3.97. The lowest BCUT2D eigenvalue weighted by molar-refractivity contribution is 0.0981. The van der Waals surface area contributed by atoms with Crippen LogP contribution in [0.25, 0.3) is 5.52 Å². The van der Waals surface area contributed by atoms with Crippen molar-refractivity contribution in [3.63, 3.8) is 0 Å². The summed E-state index contributed by atoms with van der Waals surface area (Å²) in [5, 5.41) is 4.12. The third-order valence-electron chi connectivity index (χ3n) is 5.73. The molecule has 3 heterocycles. The molecule has 0 saturated carbocycles. The van der Waals surface area contributed by atoms with Gasteiger partial charge in [-0.05, 0) is 43.2 Å². The summed E-state index contributed by atoms with van der Waals surface area (Å²) in [7, 11) is -2.61. The van der Waals surface area contributed by atoms with E-state index < -0.39 is 27.8 Å². The van der Waals surface area contributed by atoms with Gasteiger partial charge in [0.15, 0.2) is 0 Å². The van der Waals surface area contributed by atoms with Crippen molar-refractivity contribution >= 4 is 27.3 Å². The zero-order valence-corrected chi connectivity index (χ0v) is 18.4. The number of nitrogens with zero attached hydrogens (tertiary/aromatic N) is 4. The summed E-state index contributed by atoms with van der Waals surface area (Å²) >= 11 is 0. The van der Waals surface area contributed by atoms with Crippen LogP contribution in [0.3, 0.4) is 0 Å². The molecule has 1 atom stereocenters. The first-order valence-electron chi connectivity index (χ1n) is 10.2. The molecule has 3 aromatic rings. The lowest BCUT2D eigenvalue weighted by Gasteiger charge is -2.27. The number of aromatic nitrogens is 2.